The van der Waals surface area contributed by atoms with Crippen LogP contribution < -0.4 is 5.73 Å². The summed E-state index contributed by atoms with van der Waals surface area (Å²) in [6.07, 6.45) is 0. The molecule has 0 fully saturated rings. The van der Waals surface area contributed by atoms with Crippen LogP contribution in [0, 0.1) is 19.7 Å². The van der Waals surface area contributed by atoms with Gasteiger partial charge in [0.1, 0.15) is 5.82 Å². The molecule has 16 heavy (non-hydrogen) atoms. The van der Waals surface area contributed by atoms with E-state index >= 15 is 0 Å². The average molecular weight is 220 g/mol. The number of aromatic nitrogens is 1. The fourth-order valence-corrected chi connectivity index (χ4v) is 1.64. The topological polar surface area (TPSA) is 52.0 Å². The third kappa shape index (κ3) is 1.72. The molecule has 2 aromatic rings. The minimum atomic E-state index is -0.228. The molecule has 0 aliphatic rings. The Morgan fingerprint density at radius 1 is 1.38 bits per heavy atom. The SMILES string of the molecule is Cc1cc(-c2onc(C)c2CN)ccc1F. The molecule has 0 saturated carbocycles. The second-order valence-electron chi connectivity index (χ2n) is 3.74. The Morgan fingerprint density at radius 3 is 2.75 bits per heavy atom. The summed E-state index contributed by atoms with van der Waals surface area (Å²) in [5, 5.41) is 3.87. The summed E-state index contributed by atoms with van der Waals surface area (Å²) >= 11 is 0. The fourth-order valence-electron chi connectivity index (χ4n) is 1.64. The van der Waals surface area contributed by atoms with Gasteiger partial charge in [0, 0.05) is 17.7 Å². The zero-order valence-electron chi connectivity index (χ0n) is 9.25. The lowest BCUT2D eigenvalue weighted by atomic mass is 10.0. The monoisotopic (exact) mass is 220 g/mol. The molecular weight excluding hydrogens is 207 g/mol. The minimum Gasteiger partial charge on any atom is -0.356 e. The molecule has 2 N–H and O–H groups in total. The molecule has 0 atom stereocenters. The Hall–Kier alpha value is -1.68. The normalized spacial score (nSPS) is 10.8. The number of hydrogen-bond donors (Lipinski definition) is 1. The average Bonchev–Trinajstić information content (AvgIpc) is 2.63. The van der Waals surface area contributed by atoms with Crippen LogP contribution in [0.25, 0.3) is 11.3 Å². The first-order chi connectivity index (χ1) is 7.63. The molecule has 1 heterocycles. The van der Waals surface area contributed by atoms with Gasteiger partial charge in [-0.25, -0.2) is 4.39 Å². The lowest BCUT2D eigenvalue weighted by Crippen LogP contribution is -1.98. The zero-order chi connectivity index (χ0) is 11.7. The van der Waals surface area contributed by atoms with E-state index in [-0.39, 0.29) is 5.82 Å². The number of halogens is 1. The largest absolute Gasteiger partial charge is 0.356 e. The van der Waals surface area contributed by atoms with E-state index in [9.17, 15) is 4.39 Å². The fraction of sp³-hybridized carbons (Fsp3) is 0.250. The van der Waals surface area contributed by atoms with Crippen molar-refractivity contribution in [2.24, 2.45) is 5.73 Å². The van der Waals surface area contributed by atoms with Crippen LogP contribution in [0.5, 0.6) is 0 Å². The number of nitrogens with zero attached hydrogens (tertiary/aromatic N) is 1. The van der Waals surface area contributed by atoms with Crippen molar-refractivity contribution in [3.63, 3.8) is 0 Å². The summed E-state index contributed by atoms with van der Waals surface area (Å²) in [4.78, 5) is 0. The summed E-state index contributed by atoms with van der Waals surface area (Å²) in [6.45, 7) is 3.91. The van der Waals surface area contributed by atoms with Crippen LogP contribution in [0.1, 0.15) is 16.8 Å². The Bertz CT molecular complexity index is 520. The molecule has 3 nitrogen and oxygen atoms in total. The molecule has 0 amide bonds. The van der Waals surface area contributed by atoms with Crippen LogP contribution in [-0.2, 0) is 6.54 Å². The molecule has 1 aromatic carbocycles. The van der Waals surface area contributed by atoms with E-state index in [1.807, 2.05) is 6.92 Å². The van der Waals surface area contributed by atoms with Crippen molar-refractivity contribution in [1.29, 1.82) is 0 Å². The maximum atomic E-state index is 13.1. The maximum Gasteiger partial charge on any atom is 0.171 e. The van der Waals surface area contributed by atoms with Gasteiger partial charge in [-0.2, -0.15) is 0 Å². The summed E-state index contributed by atoms with van der Waals surface area (Å²) in [6, 6.07) is 4.82. The zero-order valence-corrected chi connectivity index (χ0v) is 9.25. The summed E-state index contributed by atoms with van der Waals surface area (Å²) in [5.74, 6) is 0.400. The van der Waals surface area contributed by atoms with Gasteiger partial charge in [0.15, 0.2) is 5.76 Å². The number of benzene rings is 1. The molecule has 0 spiro atoms. The first-order valence-corrected chi connectivity index (χ1v) is 5.05. The highest BCUT2D eigenvalue weighted by molar-refractivity contribution is 5.62. The molecule has 4 heteroatoms. The second kappa shape index (κ2) is 4.06. The minimum absolute atomic E-state index is 0.228. The smallest absolute Gasteiger partial charge is 0.171 e. The van der Waals surface area contributed by atoms with Gasteiger partial charge in [-0.3, -0.25) is 0 Å². The van der Waals surface area contributed by atoms with Gasteiger partial charge >= 0.3 is 0 Å². The third-order valence-electron chi connectivity index (χ3n) is 2.61. The Morgan fingerprint density at radius 2 is 2.12 bits per heavy atom. The van der Waals surface area contributed by atoms with E-state index in [4.69, 9.17) is 10.3 Å². The maximum absolute atomic E-state index is 13.1. The first-order valence-electron chi connectivity index (χ1n) is 5.05. The molecule has 0 aliphatic carbocycles. The molecule has 84 valence electrons. The Labute approximate surface area is 93.1 Å². The van der Waals surface area contributed by atoms with Crippen LogP contribution in [0.2, 0.25) is 0 Å². The van der Waals surface area contributed by atoms with Crippen molar-refractivity contribution in [1.82, 2.24) is 5.16 Å². The van der Waals surface area contributed by atoms with Gasteiger partial charge in [0.25, 0.3) is 0 Å². The van der Waals surface area contributed by atoms with Crippen molar-refractivity contribution in [2.75, 3.05) is 0 Å². The van der Waals surface area contributed by atoms with E-state index in [1.54, 1.807) is 19.1 Å². The quantitative estimate of drug-likeness (QED) is 0.846. The van der Waals surface area contributed by atoms with E-state index < -0.39 is 0 Å². The van der Waals surface area contributed by atoms with Crippen LogP contribution in [0.4, 0.5) is 4.39 Å². The van der Waals surface area contributed by atoms with Crippen LogP contribution in [0.15, 0.2) is 22.7 Å². The highest BCUT2D eigenvalue weighted by Crippen LogP contribution is 2.27. The number of aryl methyl sites for hydroxylation is 2. The van der Waals surface area contributed by atoms with E-state index in [0.717, 1.165) is 16.8 Å². The molecule has 0 unspecified atom stereocenters. The van der Waals surface area contributed by atoms with Gasteiger partial charge in [0.05, 0.1) is 5.69 Å². The molecular formula is C12H13FN2O. The first kappa shape index (κ1) is 10.8. The standard InChI is InChI=1S/C12H13FN2O/c1-7-5-9(3-4-11(7)13)12-10(6-14)8(2)15-16-12/h3-5H,6,14H2,1-2H3. The van der Waals surface area contributed by atoms with Gasteiger partial charge in [0.2, 0.25) is 0 Å². The summed E-state index contributed by atoms with van der Waals surface area (Å²) in [7, 11) is 0. The predicted octanol–water partition coefficient (Wildman–Crippen LogP) is 2.56. The summed E-state index contributed by atoms with van der Waals surface area (Å²) in [5.41, 5.74) is 8.65. The molecule has 2 rings (SSSR count). The van der Waals surface area contributed by atoms with Crippen LogP contribution >= 0.6 is 0 Å². The lowest BCUT2D eigenvalue weighted by Gasteiger charge is -2.02. The molecule has 0 bridgehead atoms. The Kier molecular flexibility index (Phi) is 2.75. The predicted molar refractivity (Wildman–Crippen MR) is 59.3 cm³/mol. The van der Waals surface area contributed by atoms with Crippen molar-refractivity contribution >= 4 is 0 Å². The van der Waals surface area contributed by atoms with Gasteiger partial charge < -0.3 is 10.3 Å². The lowest BCUT2D eigenvalue weighted by molar-refractivity contribution is 0.426. The van der Waals surface area contributed by atoms with E-state index in [0.29, 0.717) is 17.9 Å². The van der Waals surface area contributed by atoms with Crippen molar-refractivity contribution in [2.45, 2.75) is 20.4 Å². The van der Waals surface area contributed by atoms with Gasteiger partial charge in [-0.1, -0.05) is 5.16 Å². The highest BCUT2D eigenvalue weighted by Gasteiger charge is 2.14. The van der Waals surface area contributed by atoms with Gasteiger partial charge in [-0.05, 0) is 37.6 Å². The molecule has 0 aliphatic heterocycles. The second-order valence-corrected chi connectivity index (χ2v) is 3.74. The highest BCUT2D eigenvalue weighted by atomic mass is 19.1. The van der Waals surface area contributed by atoms with Crippen molar-refractivity contribution in [3.05, 3.63) is 40.8 Å². The number of hydrogen-bond acceptors (Lipinski definition) is 3. The molecule has 0 saturated heterocycles. The van der Waals surface area contributed by atoms with Crippen molar-refractivity contribution in [3.8, 4) is 11.3 Å². The van der Waals surface area contributed by atoms with Crippen LogP contribution in [-0.4, -0.2) is 5.16 Å². The summed E-state index contributed by atoms with van der Waals surface area (Å²) < 4.78 is 18.3. The van der Waals surface area contributed by atoms with Gasteiger partial charge in [-0.15, -0.1) is 0 Å². The van der Waals surface area contributed by atoms with E-state index in [1.165, 1.54) is 6.07 Å². The van der Waals surface area contributed by atoms with E-state index in [2.05, 4.69) is 5.16 Å². The third-order valence-corrected chi connectivity index (χ3v) is 2.61. The molecule has 0 radical (unpaired) electrons. The number of rotatable bonds is 2. The van der Waals surface area contributed by atoms with Crippen LogP contribution in [0.3, 0.4) is 0 Å². The molecule has 1 aromatic heterocycles. The van der Waals surface area contributed by atoms with Crippen molar-refractivity contribution < 1.29 is 8.91 Å². The Balaban J connectivity index is 2.54. The number of nitrogens with two attached hydrogens (primary N) is 1.